The summed E-state index contributed by atoms with van der Waals surface area (Å²) in [6, 6.07) is 2.79. The first kappa shape index (κ1) is 10.2. The fourth-order valence-corrected chi connectivity index (χ4v) is 0.998. The van der Waals surface area contributed by atoms with Gasteiger partial charge in [0, 0.05) is 11.8 Å². The Kier molecular flexibility index (Phi) is 2.82. The van der Waals surface area contributed by atoms with E-state index in [-0.39, 0.29) is 12.1 Å². The average Bonchev–Trinajstić information content (AvgIpc) is 2.11. The van der Waals surface area contributed by atoms with E-state index in [0.717, 1.165) is 6.07 Å². The molecule has 4 nitrogen and oxygen atoms in total. The van der Waals surface area contributed by atoms with Crippen molar-refractivity contribution < 1.29 is 8.78 Å². The molecule has 0 amide bonds. The van der Waals surface area contributed by atoms with Crippen molar-refractivity contribution in [2.24, 2.45) is 0 Å². The Hall–Kier alpha value is -1.90. The summed E-state index contributed by atoms with van der Waals surface area (Å²) in [4.78, 5) is 13.3. The molecule has 0 bridgehead atoms. The predicted molar refractivity (Wildman–Crippen MR) is 45.7 cm³/mol. The van der Waals surface area contributed by atoms with Gasteiger partial charge in [0.2, 0.25) is 5.43 Å². The van der Waals surface area contributed by atoms with E-state index in [4.69, 9.17) is 11.0 Å². The third-order valence-corrected chi connectivity index (χ3v) is 1.64. The van der Waals surface area contributed by atoms with Crippen LogP contribution in [0.3, 0.4) is 0 Å². The summed E-state index contributed by atoms with van der Waals surface area (Å²) in [6.07, 6.45) is -2.98. The molecular weight excluding hydrogens is 192 g/mol. The molecule has 0 aliphatic carbocycles. The highest BCUT2D eigenvalue weighted by Crippen LogP contribution is 2.20. The lowest BCUT2D eigenvalue weighted by Gasteiger charge is -2.05. The SMILES string of the molecule is N#CCc1cc(=O)c(N)c(C(F)F)[nH]1. The lowest BCUT2D eigenvalue weighted by atomic mass is 10.2. The molecule has 0 radical (unpaired) electrons. The van der Waals surface area contributed by atoms with Crippen LogP contribution < -0.4 is 11.2 Å². The van der Waals surface area contributed by atoms with Crippen LogP contribution in [0, 0.1) is 11.3 Å². The molecule has 0 spiro atoms. The number of nitrogen functional groups attached to an aromatic ring is 1. The number of nitrogens with two attached hydrogens (primary N) is 1. The Morgan fingerprint density at radius 1 is 1.64 bits per heavy atom. The van der Waals surface area contributed by atoms with Gasteiger partial charge in [-0.2, -0.15) is 5.26 Å². The number of hydrogen-bond acceptors (Lipinski definition) is 3. The van der Waals surface area contributed by atoms with Crippen molar-refractivity contribution in [1.29, 1.82) is 5.26 Å². The van der Waals surface area contributed by atoms with Gasteiger partial charge >= 0.3 is 0 Å². The Labute approximate surface area is 78.0 Å². The zero-order valence-corrected chi connectivity index (χ0v) is 7.05. The summed E-state index contributed by atoms with van der Waals surface area (Å²) in [5, 5.41) is 8.32. The molecule has 0 aliphatic heterocycles. The molecule has 1 rings (SSSR count). The molecule has 0 fully saturated rings. The molecule has 0 saturated carbocycles. The third kappa shape index (κ3) is 1.88. The Morgan fingerprint density at radius 2 is 2.29 bits per heavy atom. The number of alkyl halides is 2. The van der Waals surface area contributed by atoms with E-state index in [1.54, 1.807) is 6.07 Å². The third-order valence-electron chi connectivity index (χ3n) is 1.64. The minimum absolute atomic E-state index is 0.130. The summed E-state index contributed by atoms with van der Waals surface area (Å²) in [6.45, 7) is 0. The van der Waals surface area contributed by atoms with Gasteiger partial charge in [0.15, 0.2) is 0 Å². The number of hydrogen-bond donors (Lipinski definition) is 2. The highest BCUT2D eigenvalue weighted by Gasteiger charge is 2.15. The fourth-order valence-electron chi connectivity index (χ4n) is 0.998. The first-order chi connectivity index (χ1) is 6.56. The lowest BCUT2D eigenvalue weighted by Crippen LogP contribution is -2.14. The van der Waals surface area contributed by atoms with Crippen LogP contribution in [0.5, 0.6) is 0 Å². The van der Waals surface area contributed by atoms with E-state index in [1.165, 1.54) is 0 Å². The monoisotopic (exact) mass is 199 g/mol. The maximum absolute atomic E-state index is 12.3. The molecular formula is C8H7F2N3O. The largest absolute Gasteiger partial charge is 0.394 e. The van der Waals surface area contributed by atoms with Crippen molar-refractivity contribution in [3.63, 3.8) is 0 Å². The zero-order chi connectivity index (χ0) is 10.7. The lowest BCUT2D eigenvalue weighted by molar-refractivity contribution is 0.146. The van der Waals surface area contributed by atoms with E-state index < -0.39 is 23.2 Å². The number of nitrogens with one attached hydrogen (secondary N) is 1. The number of pyridine rings is 1. The van der Waals surface area contributed by atoms with Crippen molar-refractivity contribution in [3.05, 3.63) is 27.7 Å². The second-order valence-corrected chi connectivity index (χ2v) is 2.62. The van der Waals surface area contributed by atoms with Gasteiger partial charge < -0.3 is 10.7 Å². The van der Waals surface area contributed by atoms with Crippen LogP contribution >= 0.6 is 0 Å². The number of aromatic nitrogens is 1. The Balaban J connectivity index is 3.30. The highest BCUT2D eigenvalue weighted by molar-refractivity contribution is 5.44. The highest BCUT2D eigenvalue weighted by atomic mass is 19.3. The average molecular weight is 199 g/mol. The van der Waals surface area contributed by atoms with Gasteiger partial charge in [0.05, 0.1) is 12.5 Å². The summed E-state index contributed by atoms with van der Waals surface area (Å²) >= 11 is 0. The van der Waals surface area contributed by atoms with E-state index in [0.29, 0.717) is 0 Å². The second-order valence-electron chi connectivity index (χ2n) is 2.62. The van der Waals surface area contributed by atoms with Crippen LogP contribution in [0.15, 0.2) is 10.9 Å². The predicted octanol–water partition coefficient (Wildman–Crippen LogP) is 0.961. The van der Waals surface area contributed by atoms with Crippen molar-refractivity contribution in [3.8, 4) is 6.07 Å². The van der Waals surface area contributed by atoms with Gasteiger partial charge in [-0.3, -0.25) is 4.79 Å². The van der Waals surface area contributed by atoms with Crippen molar-refractivity contribution in [2.75, 3.05) is 5.73 Å². The number of halogens is 2. The van der Waals surface area contributed by atoms with Gasteiger partial charge in [-0.25, -0.2) is 8.78 Å². The molecule has 0 saturated heterocycles. The zero-order valence-electron chi connectivity index (χ0n) is 7.05. The topological polar surface area (TPSA) is 82.7 Å². The maximum Gasteiger partial charge on any atom is 0.280 e. The smallest absolute Gasteiger partial charge is 0.280 e. The van der Waals surface area contributed by atoms with Crippen LogP contribution in [0.25, 0.3) is 0 Å². The molecule has 1 aromatic rings. The molecule has 0 aliphatic rings. The number of nitrogens with zero attached hydrogens (tertiary/aromatic N) is 1. The van der Waals surface area contributed by atoms with Gasteiger partial charge in [0.1, 0.15) is 11.4 Å². The van der Waals surface area contributed by atoms with Gasteiger partial charge in [-0.05, 0) is 0 Å². The summed E-state index contributed by atoms with van der Waals surface area (Å²) in [5.41, 5.74) is 3.47. The summed E-state index contributed by atoms with van der Waals surface area (Å²) < 4.78 is 24.6. The normalized spacial score (nSPS) is 10.1. The van der Waals surface area contributed by atoms with Gasteiger partial charge in [0.25, 0.3) is 6.43 Å². The molecule has 1 aromatic heterocycles. The first-order valence-corrected chi connectivity index (χ1v) is 3.73. The molecule has 74 valence electrons. The molecule has 0 atom stereocenters. The van der Waals surface area contributed by atoms with Gasteiger partial charge in [-0.1, -0.05) is 0 Å². The molecule has 0 aromatic carbocycles. The van der Waals surface area contributed by atoms with Crippen LogP contribution in [0.4, 0.5) is 14.5 Å². The number of anilines is 1. The number of rotatable bonds is 2. The standard InChI is InChI=1S/C8H7F2N3O/c9-8(10)7-6(12)5(14)3-4(13-7)1-2-11/h3,8H,1,12H2,(H,13,14). The molecule has 6 heteroatoms. The molecule has 3 N–H and O–H groups in total. The van der Waals surface area contributed by atoms with E-state index >= 15 is 0 Å². The Bertz CT molecular complexity index is 433. The number of H-pyrrole nitrogens is 1. The molecule has 14 heavy (non-hydrogen) atoms. The van der Waals surface area contributed by atoms with Gasteiger partial charge in [-0.15, -0.1) is 0 Å². The van der Waals surface area contributed by atoms with E-state index in [2.05, 4.69) is 4.98 Å². The van der Waals surface area contributed by atoms with Crippen molar-refractivity contribution in [2.45, 2.75) is 12.8 Å². The van der Waals surface area contributed by atoms with Crippen LogP contribution in [-0.4, -0.2) is 4.98 Å². The van der Waals surface area contributed by atoms with Crippen LogP contribution in [0.1, 0.15) is 17.8 Å². The molecule has 0 unspecified atom stereocenters. The Morgan fingerprint density at radius 3 is 2.79 bits per heavy atom. The second kappa shape index (κ2) is 3.87. The summed E-state index contributed by atoms with van der Waals surface area (Å²) in [5.74, 6) is 0. The van der Waals surface area contributed by atoms with E-state index in [1.807, 2.05) is 0 Å². The number of nitriles is 1. The quantitative estimate of drug-likeness (QED) is 0.744. The first-order valence-electron chi connectivity index (χ1n) is 3.73. The van der Waals surface area contributed by atoms with Crippen molar-refractivity contribution >= 4 is 5.69 Å². The number of aromatic amines is 1. The summed E-state index contributed by atoms with van der Waals surface area (Å²) in [7, 11) is 0. The van der Waals surface area contributed by atoms with Crippen molar-refractivity contribution in [1.82, 2.24) is 4.98 Å². The fraction of sp³-hybridized carbons (Fsp3) is 0.250. The van der Waals surface area contributed by atoms with Crippen LogP contribution in [-0.2, 0) is 6.42 Å². The van der Waals surface area contributed by atoms with Crippen LogP contribution in [0.2, 0.25) is 0 Å². The molecule has 1 heterocycles. The van der Waals surface area contributed by atoms with E-state index in [9.17, 15) is 13.6 Å². The minimum Gasteiger partial charge on any atom is -0.394 e. The maximum atomic E-state index is 12.3. The minimum atomic E-state index is -2.85.